The van der Waals surface area contributed by atoms with E-state index in [-0.39, 0.29) is 9.23 Å². The molecule has 0 saturated carbocycles. The molecule has 0 fully saturated rings. The number of thiophene rings is 1. The molecule has 0 aliphatic rings. The third kappa shape index (κ3) is 2.22. The number of pyridine rings is 1. The van der Waals surface area contributed by atoms with E-state index in [1.54, 1.807) is 29.9 Å². The van der Waals surface area contributed by atoms with Gasteiger partial charge in [0.2, 0.25) is 0 Å². The number of halogens is 2. The predicted octanol–water partition coefficient (Wildman–Crippen LogP) is 3.39. The van der Waals surface area contributed by atoms with Gasteiger partial charge in [0.15, 0.2) is 4.21 Å². The number of rotatable bonds is 2. The van der Waals surface area contributed by atoms with Crippen molar-refractivity contribution in [2.45, 2.75) is 4.21 Å². The topological polar surface area (TPSA) is 47.0 Å². The van der Waals surface area contributed by atoms with E-state index in [2.05, 4.69) is 4.98 Å². The van der Waals surface area contributed by atoms with E-state index in [0.29, 0.717) is 5.56 Å². The Morgan fingerprint density at radius 1 is 1.38 bits per heavy atom. The van der Waals surface area contributed by atoms with E-state index in [9.17, 15) is 8.42 Å². The second-order valence-electron chi connectivity index (χ2n) is 2.93. The summed E-state index contributed by atoms with van der Waals surface area (Å²) in [5.74, 6) is 0. The summed E-state index contributed by atoms with van der Waals surface area (Å²) in [5, 5.41) is 1.79. The van der Waals surface area contributed by atoms with E-state index < -0.39 is 9.05 Å². The van der Waals surface area contributed by atoms with Gasteiger partial charge in [-0.1, -0.05) is 17.7 Å². The average Bonchev–Trinajstić information content (AvgIpc) is 2.61. The molecule has 0 bridgehead atoms. The number of aromatic nitrogens is 1. The number of nitrogens with zero attached hydrogens (tertiary/aromatic N) is 1. The second-order valence-corrected chi connectivity index (χ2v) is 6.95. The van der Waals surface area contributed by atoms with Crippen LogP contribution in [0.4, 0.5) is 0 Å². The van der Waals surface area contributed by atoms with Crippen LogP contribution in [-0.4, -0.2) is 13.4 Å². The summed E-state index contributed by atoms with van der Waals surface area (Å²) in [7, 11) is 1.46. The highest BCUT2D eigenvalue weighted by Crippen LogP contribution is 2.39. The van der Waals surface area contributed by atoms with Crippen LogP contribution >= 0.6 is 33.6 Å². The van der Waals surface area contributed by atoms with Crippen LogP contribution in [0, 0.1) is 0 Å². The van der Waals surface area contributed by atoms with Gasteiger partial charge in [-0.25, -0.2) is 8.42 Å². The van der Waals surface area contributed by atoms with Gasteiger partial charge in [0.25, 0.3) is 9.05 Å². The molecule has 0 saturated heterocycles. The summed E-state index contributed by atoms with van der Waals surface area (Å²) < 4.78 is 22.3. The van der Waals surface area contributed by atoms with E-state index >= 15 is 0 Å². The molecule has 0 radical (unpaired) electrons. The first-order valence-corrected chi connectivity index (χ1v) is 7.69. The first kappa shape index (κ1) is 11.9. The van der Waals surface area contributed by atoms with Crippen molar-refractivity contribution in [3.63, 3.8) is 0 Å². The smallest absolute Gasteiger partial charge is 0.264 e. The Hall–Kier alpha value is -0.620. The predicted molar refractivity (Wildman–Crippen MR) is 65.6 cm³/mol. The highest BCUT2D eigenvalue weighted by molar-refractivity contribution is 8.15. The van der Waals surface area contributed by atoms with E-state index in [1.165, 1.54) is 0 Å². The molecule has 2 aromatic heterocycles. The van der Waals surface area contributed by atoms with E-state index in [1.807, 2.05) is 0 Å². The van der Waals surface area contributed by atoms with Crippen molar-refractivity contribution in [3.8, 4) is 11.1 Å². The van der Waals surface area contributed by atoms with Crippen LogP contribution in [0.3, 0.4) is 0 Å². The van der Waals surface area contributed by atoms with Crippen LogP contribution in [0.2, 0.25) is 5.02 Å². The molecule has 2 aromatic rings. The van der Waals surface area contributed by atoms with Crippen LogP contribution in [0.15, 0.2) is 34.1 Å². The standard InChI is InChI=1S/C9H5Cl2NO2S2/c10-8-7(6-2-1-3-12-4-6)5-15-9(8)16(11,13)14/h1-5H. The largest absolute Gasteiger partial charge is 0.272 e. The van der Waals surface area contributed by atoms with Crippen molar-refractivity contribution in [2.24, 2.45) is 0 Å². The van der Waals surface area contributed by atoms with Gasteiger partial charge in [0, 0.05) is 39.6 Å². The van der Waals surface area contributed by atoms with Gasteiger partial charge in [0.1, 0.15) is 0 Å². The molecule has 0 spiro atoms. The molecule has 16 heavy (non-hydrogen) atoms. The lowest BCUT2D eigenvalue weighted by molar-refractivity contribution is 0.611. The van der Waals surface area contributed by atoms with Crippen LogP contribution < -0.4 is 0 Å². The van der Waals surface area contributed by atoms with Gasteiger partial charge >= 0.3 is 0 Å². The minimum atomic E-state index is -3.78. The van der Waals surface area contributed by atoms with Crippen molar-refractivity contribution in [1.29, 1.82) is 0 Å². The van der Waals surface area contributed by atoms with Crippen LogP contribution in [0.25, 0.3) is 11.1 Å². The lowest BCUT2D eigenvalue weighted by atomic mass is 10.2. The molecular weight excluding hydrogens is 289 g/mol. The molecule has 0 aromatic carbocycles. The SMILES string of the molecule is O=S(=O)(Cl)c1scc(-c2cccnc2)c1Cl. The van der Waals surface area contributed by atoms with Gasteiger partial charge in [-0.3, -0.25) is 4.98 Å². The zero-order valence-electron chi connectivity index (χ0n) is 7.72. The van der Waals surface area contributed by atoms with Gasteiger partial charge in [0.05, 0.1) is 5.02 Å². The zero-order chi connectivity index (χ0) is 11.8. The van der Waals surface area contributed by atoms with Gasteiger partial charge in [-0.2, -0.15) is 0 Å². The summed E-state index contributed by atoms with van der Waals surface area (Å²) in [6.45, 7) is 0. The van der Waals surface area contributed by atoms with E-state index in [0.717, 1.165) is 16.9 Å². The Balaban J connectivity index is 2.59. The fourth-order valence-electron chi connectivity index (χ4n) is 1.21. The molecule has 2 rings (SSSR count). The van der Waals surface area contributed by atoms with Crippen LogP contribution in [-0.2, 0) is 9.05 Å². The van der Waals surface area contributed by atoms with Crippen molar-refractivity contribution in [2.75, 3.05) is 0 Å². The first-order valence-electron chi connectivity index (χ1n) is 4.12. The highest BCUT2D eigenvalue weighted by atomic mass is 35.7. The molecule has 0 aliphatic carbocycles. The fourth-order valence-corrected chi connectivity index (χ4v) is 4.17. The van der Waals surface area contributed by atoms with Gasteiger partial charge in [-0.15, -0.1) is 11.3 Å². The minimum absolute atomic E-state index is 0.0327. The molecule has 2 heterocycles. The molecular formula is C9H5Cl2NO2S2. The zero-order valence-corrected chi connectivity index (χ0v) is 10.9. The molecule has 0 atom stereocenters. The lowest BCUT2D eigenvalue weighted by Gasteiger charge is -1.97. The van der Waals surface area contributed by atoms with Crippen LogP contribution in [0.5, 0.6) is 0 Å². The molecule has 84 valence electrons. The molecule has 0 amide bonds. The van der Waals surface area contributed by atoms with Crippen molar-refractivity contribution in [1.82, 2.24) is 4.98 Å². The molecule has 0 unspecified atom stereocenters. The Kier molecular flexibility index (Phi) is 3.21. The van der Waals surface area contributed by atoms with Crippen LogP contribution in [0.1, 0.15) is 0 Å². The average molecular weight is 294 g/mol. The van der Waals surface area contributed by atoms with Crippen molar-refractivity contribution < 1.29 is 8.42 Å². The Labute approximate surface area is 106 Å². The summed E-state index contributed by atoms with van der Waals surface area (Å²) >= 11 is 6.96. The monoisotopic (exact) mass is 293 g/mol. The number of hydrogen-bond acceptors (Lipinski definition) is 4. The minimum Gasteiger partial charge on any atom is -0.264 e. The lowest BCUT2D eigenvalue weighted by Crippen LogP contribution is -1.86. The quantitative estimate of drug-likeness (QED) is 0.798. The maximum atomic E-state index is 11.2. The summed E-state index contributed by atoms with van der Waals surface area (Å²) in [4.78, 5) is 3.94. The third-order valence-electron chi connectivity index (χ3n) is 1.89. The van der Waals surface area contributed by atoms with Crippen molar-refractivity contribution in [3.05, 3.63) is 34.9 Å². The first-order chi connectivity index (χ1) is 7.50. The molecule has 0 N–H and O–H groups in total. The van der Waals surface area contributed by atoms with Crippen molar-refractivity contribution >= 4 is 42.7 Å². The fraction of sp³-hybridized carbons (Fsp3) is 0. The summed E-state index contributed by atoms with van der Waals surface area (Å²) in [6, 6.07) is 3.55. The molecule has 3 nitrogen and oxygen atoms in total. The summed E-state index contributed by atoms with van der Waals surface area (Å²) in [5.41, 5.74) is 1.38. The normalized spacial score (nSPS) is 11.6. The van der Waals surface area contributed by atoms with E-state index in [4.69, 9.17) is 22.3 Å². The Morgan fingerprint density at radius 3 is 2.62 bits per heavy atom. The third-order valence-corrected chi connectivity index (χ3v) is 5.61. The molecule has 7 heteroatoms. The van der Waals surface area contributed by atoms with Gasteiger partial charge in [-0.05, 0) is 6.07 Å². The van der Waals surface area contributed by atoms with Gasteiger partial charge < -0.3 is 0 Å². The summed E-state index contributed by atoms with van der Waals surface area (Å²) in [6.07, 6.45) is 3.24. The number of hydrogen-bond donors (Lipinski definition) is 0. The Bertz CT molecular complexity index is 608. The highest BCUT2D eigenvalue weighted by Gasteiger charge is 2.20. The Morgan fingerprint density at radius 2 is 2.12 bits per heavy atom. The maximum Gasteiger partial charge on any atom is 0.272 e. The second kappa shape index (κ2) is 4.33. The maximum absolute atomic E-state index is 11.2. The molecule has 0 aliphatic heterocycles.